The van der Waals surface area contributed by atoms with Gasteiger partial charge >= 0.3 is 0 Å². The van der Waals surface area contributed by atoms with Crippen molar-refractivity contribution in [3.05, 3.63) is 35.4 Å². The number of nitrogens with zero attached hydrogens (tertiary/aromatic N) is 1. The van der Waals surface area contributed by atoms with Gasteiger partial charge < -0.3 is 10.0 Å². The van der Waals surface area contributed by atoms with Crippen LogP contribution in [0.1, 0.15) is 23.7 Å². The van der Waals surface area contributed by atoms with Crippen LogP contribution in [0.5, 0.6) is 0 Å². The van der Waals surface area contributed by atoms with Crippen molar-refractivity contribution in [1.82, 2.24) is 4.90 Å². The Hall–Kier alpha value is -1.49. The quantitative estimate of drug-likeness (QED) is 0.856. The minimum Gasteiger partial charge on any atom is -0.396 e. The lowest BCUT2D eigenvalue weighted by atomic mass is 10.1. The summed E-state index contributed by atoms with van der Waals surface area (Å²) in [6, 6.07) is 3.32. The number of carbonyl (C=O) groups is 1. The van der Waals surface area contributed by atoms with Gasteiger partial charge in [0.15, 0.2) is 0 Å². The van der Waals surface area contributed by atoms with E-state index in [-0.39, 0.29) is 13.2 Å². The Morgan fingerprint density at radius 1 is 1.35 bits per heavy atom. The molecule has 1 N–H and O–H groups in total. The largest absolute Gasteiger partial charge is 0.396 e. The second-order valence-electron chi connectivity index (χ2n) is 3.56. The number of hydrogen-bond acceptors (Lipinski definition) is 2. The van der Waals surface area contributed by atoms with Gasteiger partial charge in [-0.2, -0.15) is 0 Å². The predicted molar refractivity (Wildman–Crippen MR) is 59.6 cm³/mol. The first-order valence-corrected chi connectivity index (χ1v) is 5.46. The molecule has 0 spiro atoms. The third kappa shape index (κ3) is 3.23. The predicted octanol–water partition coefficient (Wildman–Crippen LogP) is 1.81. The van der Waals surface area contributed by atoms with Crippen molar-refractivity contribution < 1.29 is 18.7 Å². The fraction of sp³-hybridized carbons (Fsp3) is 0.417. The molecule has 17 heavy (non-hydrogen) atoms. The molecule has 0 unspecified atom stereocenters. The molecule has 0 aromatic heterocycles. The summed E-state index contributed by atoms with van der Waals surface area (Å²) in [6.07, 6.45) is 0.385. The number of rotatable bonds is 5. The number of halogens is 2. The van der Waals surface area contributed by atoms with Gasteiger partial charge in [-0.25, -0.2) is 8.78 Å². The van der Waals surface area contributed by atoms with Gasteiger partial charge in [0, 0.05) is 19.7 Å². The fourth-order valence-electron chi connectivity index (χ4n) is 1.53. The molecule has 1 rings (SSSR count). The molecule has 0 aliphatic rings. The van der Waals surface area contributed by atoms with Gasteiger partial charge in [-0.1, -0.05) is 6.07 Å². The molecule has 1 aromatic carbocycles. The zero-order valence-corrected chi connectivity index (χ0v) is 9.62. The minimum absolute atomic E-state index is 0.0659. The van der Waals surface area contributed by atoms with Crippen molar-refractivity contribution in [2.75, 3.05) is 19.7 Å². The molecule has 0 bridgehead atoms. The summed E-state index contributed by atoms with van der Waals surface area (Å²) in [5, 5.41) is 8.69. The summed E-state index contributed by atoms with van der Waals surface area (Å²) in [6.45, 7) is 2.27. The molecule has 0 radical (unpaired) electrons. The summed E-state index contributed by atoms with van der Waals surface area (Å²) in [5.74, 6) is -2.41. The van der Waals surface area contributed by atoms with Gasteiger partial charge in [-0.15, -0.1) is 0 Å². The summed E-state index contributed by atoms with van der Waals surface area (Å²) in [7, 11) is 0. The third-order valence-electron chi connectivity index (χ3n) is 2.43. The Bertz CT molecular complexity index is 376. The first-order chi connectivity index (χ1) is 8.11. The first kappa shape index (κ1) is 13.6. The summed E-state index contributed by atoms with van der Waals surface area (Å²) >= 11 is 0. The maximum atomic E-state index is 13.4. The molecule has 5 heteroatoms. The summed E-state index contributed by atoms with van der Waals surface area (Å²) in [4.78, 5) is 13.2. The van der Waals surface area contributed by atoms with Crippen LogP contribution in [0.2, 0.25) is 0 Å². The number of carbonyl (C=O) groups excluding carboxylic acids is 1. The van der Waals surface area contributed by atoms with Crippen LogP contribution >= 0.6 is 0 Å². The average Bonchev–Trinajstić information content (AvgIpc) is 2.30. The second kappa shape index (κ2) is 6.30. The number of amides is 1. The topological polar surface area (TPSA) is 40.5 Å². The molecule has 0 atom stereocenters. The smallest absolute Gasteiger partial charge is 0.259 e. The van der Waals surface area contributed by atoms with Gasteiger partial charge in [0.1, 0.15) is 17.2 Å². The molecule has 1 aromatic rings. The summed E-state index contributed by atoms with van der Waals surface area (Å²) < 4.78 is 26.8. The van der Waals surface area contributed by atoms with E-state index in [1.165, 1.54) is 11.0 Å². The molecule has 0 saturated carbocycles. The summed E-state index contributed by atoms with van der Waals surface area (Å²) in [5.41, 5.74) is -0.535. The van der Waals surface area contributed by atoms with Crippen LogP contribution in [-0.2, 0) is 0 Å². The number of hydrogen-bond donors (Lipinski definition) is 1. The molecular weight excluding hydrogens is 228 g/mol. The van der Waals surface area contributed by atoms with Crippen molar-refractivity contribution in [3.63, 3.8) is 0 Å². The molecule has 0 saturated heterocycles. The van der Waals surface area contributed by atoms with Crippen LogP contribution in [0.25, 0.3) is 0 Å². The van der Waals surface area contributed by atoms with Crippen LogP contribution in [0, 0.1) is 11.6 Å². The second-order valence-corrected chi connectivity index (χ2v) is 3.56. The van der Waals surface area contributed by atoms with E-state index in [0.717, 1.165) is 12.1 Å². The molecule has 0 fully saturated rings. The van der Waals surface area contributed by atoms with E-state index >= 15 is 0 Å². The highest BCUT2D eigenvalue weighted by Crippen LogP contribution is 2.14. The number of aliphatic hydroxyl groups excluding tert-OH is 1. The zero-order valence-electron chi connectivity index (χ0n) is 9.62. The minimum atomic E-state index is -0.863. The van der Waals surface area contributed by atoms with Crippen LogP contribution in [0.15, 0.2) is 18.2 Å². The molecule has 1 amide bonds. The molecule has 3 nitrogen and oxygen atoms in total. The Labute approximate surface area is 98.7 Å². The maximum absolute atomic E-state index is 13.4. The molecule has 0 aliphatic carbocycles. The van der Waals surface area contributed by atoms with Crippen molar-refractivity contribution in [2.24, 2.45) is 0 Å². The van der Waals surface area contributed by atoms with Crippen LogP contribution in [0.3, 0.4) is 0 Å². The van der Waals surface area contributed by atoms with Crippen molar-refractivity contribution >= 4 is 5.91 Å². The van der Waals surface area contributed by atoms with Gasteiger partial charge in [0.05, 0.1) is 0 Å². The highest BCUT2D eigenvalue weighted by molar-refractivity contribution is 5.94. The molecule has 0 heterocycles. The van der Waals surface area contributed by atoms with Crippen molar-refractivity contribution in [3.8, 4) is 0 Å². The maximum Gasteiger partial charge on any atom is 0.259 e. The lowest BCUT2D eigenvalue weighted by molar-refractivity contribution is 0.0744. The Balaban J connectivity index is 2.93. The number of benzene rings is 1. The van der Waals surface area contributed by atoms with Gasteiger partial charge in [-0.05, 0) is 25.5 Å². The SMILES string of the molecule is CCN(CCCO)C(=O)c1c(F)cccc1F. The molecular formula is C12H15F2NO2. The zero-order chi connectivity index (χ0) is 12.8. The third-order valence-corrected chi connectivity index (χ3v) is 2.43. The van der Waals surface area contributed by atoms with E-state index < -0.39 is 23.1 Å². The monoisotopic (exact) mass is 243 g/mol. The van der Waals surface area contributed by atoms with Crippen LogP contribution in [-0.4, -0.2) is 35.6 Å². The average molecular weight is 243 g/mol. The normalized spacial score (nSPS) is 10.4. The Kier molecular flexibility index (Phi) is 5.03. The first-order valence-electron chi connectivity index (χ1n) is 5.46. The molecule has 0 aliphatic heterocycles. The van der Waals surface area contributed by atoms with Gasteiger partial charge in [0.2, 0.25) is 0 Å². The van der Waals surface area contributed by atoms with E-state index in [4.69, 9.17) is 5.11 Å². The van der Waals surface area contributed by atoms with Crippen molar-refractivity contribution in [2.45, 2.75) is 13.3 Å². The van der Waals surface area contributed by atoms with Gasteiger partial charge in [0.25, 0.3) is 5.91 Å². The van der Waals surface area contributed by atoms with Crippen LogP contribution in [0.4, 0.5) is 8.78 Å². The van der Waals surface area contributed by atoms with Crippen molar-refractivity contribution in [1.29, 1.82) is 0 Å². The lowest BCUT2D eigenvalue weighted by Crippen LogP contribution is -2.33. The van der Waals surface area contributed by atoms with E-state index in [0.29, 0.717) is 13.0 Å². The lowest BCUT2D eigenvalue weighted by Gasteiger charge is -2.20. The van der Waals surface area contributed by atoms with E-state index in [9.17, 15) is 13.6 Å². The standard InChI is InChI=1S/C12H15F2NO2/c1-2-15(7-4-8-16)12(17)11-9(13)5-3-6-10(11)14/h3,5-6,16H,2,4,7-8H2,1H3. The Morgan fingerprint density at radius 2 is 1.94 bits per heavy atom. The Morgan fingerprint density at radius 3 is 2.41 bits per heavy atom. The van der Waals surface area contributed by atoms with E-state index in [1.54, 1.807) is 6.92 Å². The fourth-order valence-corrected chi connectivity index (χ4v) is 1.53. The highest BCUT2D eigenvalue weighted by Gasteiger charge is 2.21. The number of aliphatic hydroxyl groups is 1. The molecule has 94 valence electrons. The van der Waals surface area contributed by atoms with Gasteiger partial charge in [-0.3, -0.25) is 4.79 Å². The van der Waals surface area contributed by atoms with Crippen LogP contribution < -0.4 is 0 Å². The van der Waals surface area contributed by atoms with E-state index in [2.05, 4.69) is 0 Å². The highest BCUT2D eigenvalue weighted by atomic mass is 19.1. The van der Waals surface area contributed by atoms with E-state index in [1.807, 2.05) is 0 Å².